The van der Waals surface area contributed by atoms with E-state index in [9.17, 15) is 14.0 Å². The lowest BCUT2D eigenvalue weighted by molar-refractivity contribution is -0.144. The fraction of sp³-hybridized carbons (Fsp3) is 0.167. The van der Waals surface area contributed by atoms with E-state index in [1.807, 2.05) is 25.1 Å². The summed E-state index contributed by atoms with van der Waals surface area (Å²) in [5.41, 5.74) is 2.58. The minimum absolute atomic E-state index is 0.169. The molecule has 3 aromatic rings. The molecule has 1 heterocycles. The lowest BCUT2D eigenvalue weighted by Crippen LogP contribution is -2.22. The Bertz CT molecular complexity index is 1080. The van der Waals surface area contributed by atoms with Crippen molar-refractivity contribution >= 4 is 17.8 Å². The van der Waals surface area contributed by atoms with E-state index in [2.05, 4.69) is 0 Å². The Hall–Kier alpha value is -3.67. The first kappa shape index (κ1) is 21.0. The van der Waals surface area contributed by atoms with Crippen LogP contribution in [-0.4, -0.2) is 27.5 Å². The summed E-state index contributed by atoms with van der Waals surface area (Å²) in [6.45, 7) is 3.55. The quantitative estimate of drug-likeness (QED) is 0.548. The van der Waals surface area contributed by atoms with Crippen LogP contribution in [0.25, 0.3) is 6.08 Å². The van der Waals surface area contributed by atoms with Gasteiger partial charge in [-0.25, -0.2) is 4.79 Å². The maximum Gasteiger partial charge on any atom is 0.344 e. The summed E-state index contributed by atoms with van der Waals surface area (Å²) in [5.74, 6) is -1.37. The molecule has 3 rings (SSSR count). The highest BCUT2D eigenvalue weighted by atomic mass is 19.1. The van der Waals surface area contributed by atoms with Gasteiger partial charge in [-0.3, -0.25) is 4.79 Å². The largest absolute Gasteiger partial charge is 0.479 e. The summed E-state index contributed by atoms with van der Waals surface area (Å²) in [6.07, 6.45) is 2.53. The van der Waals surface area contributed by atoms with Gasteiger partial charge >= 0.3 is 5.97 Å². The van der Waals surface area contributed by atoms with Gasteiger partial charge < -0.3 is 14.4 Å². The van der Waals surface area contributed by atoms with E-state index < -0.39 is 18.0 Å². The van der Waals surface area contributed by atoms with Crippen molar-refractivity contribution in [2.75, 3.05) is 0 Å². The number of halogens is 1. The van der Waals surface area contributed by atoms with Crippen LogP contribution in [0.5, 0.6) is 5.75 Å². The third-order valence-corrected chi connectivity index (χ3v) is 4.59. The normalized spacial score (nSPS) is 12.1. The molecule has 5 nitrogen and oxygen atoms in total. The fourth-order valence-corrected chi connectivity index (χ4v) is 2.92. The SMILES string of the molecule is Cc1ccc(C(=O)c2ccc(F)n2C/C=C/c2cccc(O[C@@H](C)C(=O)O)c2)cc1. The molecule has 0 aliphatic rings. The Balaban J connectivity index is 1.74. The van der Waals surface area contributed by atoms with E-state index in [4.69, 9.17) is 9.84 Å². The summed E-state index contributed by atoms with van der Waals surface area (Å²) in [7, 11) is 0. The number of allylic oxidation sites excluding steroid dienone is 1. The maximum atomic E-state index is 14.3. The Labute approximate surface area is 174 Å². The van der Waals surface area contributed by atoms with Crippen LogP contribution in [-0.2, 0) is 11.3 Å². The van der Waals surface area contributed by atoms with Crippen LogP contribution in [0.4, 0.5) is 4.39 Å². The Morgan fingerprint density at radius 2 is 1.87 bits per heavy atom. The predicted octanol–water partition coefficient (Wildman–Crippen LogP) is 4.73. The first-order valence-electron chi connectivity index (χ1n) is 9.47. The van der Waals surface area contributed by atoms with Crippen molar-refractivity contribution in [2.45, 2.75) is 26.5 Å². The van der Waals surface area contributed by atoms with Gasteiger partial charge in [0.15, 0.2) is 12.1 Å². The molecule has 0 spiro atoms. The third kappa shape index (κ3) is 5.03. The molecule has 1 atom stereocenters. The number of hydrogen-bond acceptors (Lipinski definition) is 3. The van der Waals surface area contributed by atoms with E-state index in [1.54, 1.807) is 42.5 Å². The average molecular weight is 407 g/mol. The zero-order valence-electron chi connectivity index (χ0n) is 16.7. The summed E-state index contributed by atoms with van der Waals surface area (Å²) in [4.78, 5) is 23.7. The molecule has 0 fully saturated rings. The maximum absolute atomic E-state index is 14.3. The van der Waals surface area contributed by atoms with E-state index in [1.165, 1.54) is 23.6 Å². The molecule has 0 bridgehead atoms. The number of hydrogen-bond donors (Lipinski definition) is 1. The van der Waals surface area contributed by atoms with Crippen molar-refractivity contribution in [2.24, 2.45) is 0 Å². The predicted molar refractivity (Wildman–Crippen MR) is 112 cm³/mol. The molecule has 6 heteroatoms. The number of aryl methyl sites for hydroxylation is 1. The van der Waals surface area contributed by atoms with Crippen LogP contribution in [0.1, 0.15) is 34.1 Å². The topological polar surface area (TPSA) is 68.5 Å². The van der Waals surface area contributed by atoms with Gasteiger partial charge in [-0.1, -0.05) is 54.1 Å². The molecular weight excluding hydrogens is 385 g/mol. The number of ether oxygens (including phenoxy) is 1. The molecule has 154 valence electrons. The number of ketones is 1. The van der Waals surface area contributed by atoms with Gasteiger partial charge in [0.25, 0.3) is 0 Å². The number of rotatable bonds is 8. The van der Waals surface area contributed by atoms with Crippen molar-refractivity contribution in [1.29, 1.82) is 0 Å². The molecule has 1 N–H and O–H groups in total. The molecule has 0 saturated carbocycles. The summed E-state index contributed by atoms with van der Waals surface area (Å²) in [5, 5.41) is 8.95. The van der Waals surface area contributed by atoms with Gasteiger partial charge in [-0.15, -0.1) is 0 Å². The second kappa shape index (κ2) is 9.22. The van der Waals surface area contributed by atoms with Crippen molar-refractivity contribution < 1.29 is 23.8 Å². The second-order valence-corrected chi connectivity index (χ2v) is 6.92. The molecular formula is C24H22FNO4. The molecule has 0 amide bonds. The van der Waals surface area contributed by atoms with Gasteiger partial charge in [-0.2, -0.15) is 4.39 Å². The van der Waals surface area contributed by atoms with E-state index >= 15 is 0 Å². The Morgan fingerprint density at radius 3 is 2.57 bits per heavy atom. The highest BCUT2D eigenvalue weighted by Gasteiger charge is 2.16. The van der Waals surface area contributed by atoms with Gasteiger partial charge in [-0.05, 0) is 43.7 Å². The Morgan fingerprint density at radius 1 is 1.13 bits per heavy atom. The van der Waals surface area contributed by atoms with E-state index in [0.717, 1.165) is 11.1 Å². The van der Waals surface area contributed by atoms with Crippen molar-refractivity contribution in [3.63, 3.8) is 0 Å². The molecule has 0 radical (unpaired) electrons. The van der Waals surface area contributed by atoms with Crippen LogP contribution >= 0.6 is 0 Å². The van der Waals surface area contributed by atoms with Crippen LogP contribution in [0.15, 0.2) is 66.7 Å². The summed E-state index contributed by atoms with van der Waals surface area (Å²) >= 11 is 0. The van der Waals surface area contributed by atoms with Gasteiger partial charge in [0.05, 0.1) is 5.69 Å². The van der Waals surface area contributed by atoms with Crippen molar-refractivity contribution in [3.05, 3.63) is 95.1 Å². The monoisotopic (exact) mass is 407 g/mol. The fourth-order valence-electron chi connectivity index (χ4n) is 2.92. The molecule has 1 aromatic heterocycles. The van der Waals surface area contributed by atoms with Crippen LogP contribution in [0.2, 0.25) is 0 Å². The summed E-state index contributed by atoms with van der Waals surface area (Å²) < 4.78 is 20.9. The van der Waals surface area contributed by atoms with Gasteiger partial charge in [0, 0.05) is 12.1 Å². The van der Waals surface area contributed by atoms with Crippen molar-refractivity contribution in [3.8, 4) is 5.75 Å². The van der Waals surface area contributed by atoms with Gasteiger partial charge in [0.2, 0.25) is 5.78 Å². The minimum Gasteiger partial charge on any atom is -0.479 e. The first-order chi connectivity index (χ1) is 14.3. The van der Waals surface area contributed by atoms with Crippen LogP contribution in [0, 0.1) is 12.9 Å². The number of carbonyl (C=O) groups is 2. The molecule has 0 unspecified atom stereocenters. The van der Waals surface area contributed by atoms with Crippen molar-refractivity contribution in [1.82, 2.24) is 4.57 Å². The highest BCUT2D eigenvalue weighted by molar-refractivity contribution is 6.08. The number of carboxylic acids is 1. The molecule has 30 heavy (non-hydrogen) atoms. The lowest BCUT2D eigenvalue weighted by atomic mass is 10.1. The first-order valence-corrected chi connectivity index (χ1v) is 9.47. The van der Waals surface area contributed by atoms with Gasteiger partial charge in [0.1, 0.15) is 5.75 Å². The zero-order valence-corrected chi connectivity index (χ0v) is 16.7. The van der Waals surface area contributed by atoms with E-state index in [-0.39, 0.29) is 18.0 Å². The standard InChI is InChI=1S/C24H22FNO4/c1-16-8-10-19(11-9-16)23(27)21-12-13-22(25)26(21)14-4-6-18-5-3-7-20(15-18)30-17(2)24(28)29/h3-13,15,17H,14H2,1-2H3,(H,28,29)/b6-4+/t17-/m0/s1. The highest BCUT2D eigenvalue weighted by Crippen LogP contribution is 2.18. The summed E-state index contributed by atoms with van der Waals surface area (Å²) in [6, 6.07) is 16.8. The number of benzene rings is 2. The zero-order chi connectivity index (χ0) is 21.7. The second-order valence-electron chi connectivity index (χ2n) is 6.92. The van der Waals surface area contributed by atoms with Crippen LogP contribution < -0.4 is 4.74 Å². The number of aromatic nitrogens is 1. The third-order valence-electron chi connectivity index (χ3n) is 4.59. The van der Waals surface area contributed by atoms with Crippen LogP contribution in [0.3, 0.4) is 0 Å². The molecule has 0 saturated heterocycles. The average Bonchev–Trinajstić information content (AvgIpc) is 3.09. The Kier molecular flexibility index (Phi) is 6.47. The minimum atomic E-state index is -1.05. The smallest absolute Gasteiger partial charge is 0.344 e. The molecule has 0 aliphatic heterocycles. The lowest BCUT2D eigenvalue weighted by Gasteiger charge is -2.10. The molecule has 0 aliphatic carbocycles. The number of nitrogens with zero attached hydrogens (tertiary/aromatic N) is 1. The number of aliphatic carboxylic acids is 1. The number of carbonyl (C=O) groups excluding carboxylic acids is 1. The number of carboxylic acid groups (broad SMARTS) is 1. The van der Waals surface area contributed by atoms with E-state index in [0.29, 0.717) is 11.3 Å². The molecule has 2 aromatic carbocycles.